The van der Waals surface area contributed by atoms with Gasteiger partial charge in [-0.2, -0.15) is 23.3 Å². The average Bonchev–Trinajstić information content (AvgIpc) is 3.18. The summed E-state index contributed by atoms with van der Waals surface area (Å²) >= 11 is 5.77. The Kier molecular flexibility index (Phi) is 4.92. The fourth-order valence-corrected chi connectivity index (χ4v) is 2.64. The highest BCUT2D eigenvalue weighted by molar-refractivity contribution is 6.30. The maximum Gasteiger partial charge on any atom is 0.438 e. The van der Waals surface area contributed by atoms with Gasteiger partial charge in [-0.05, 0) is 43.3 Å². The molecule has 3 rings (SSSR count). The van der Waals surface area contributed by atoms with E-state index in [1.54, 1.807) is 24.3 Å². The van der Waals surface area contributed by atoms with E-state index < -0.39 is 30.0 Å². The van der Waals surface area contributed by atoms with Crippen LogP contribution in [0.1, 0.15) is 29.7 Å². The van der Waals surface area contributed by atoms with E-state index in [4.69, 9.17) is 20.8 Å². The van der Waals surface area contributed by atoms with Crippen molar-refractivity contribution in [2.75, 3.05) is 0 Å². The summed E-state index contributed by atoms with van der Waals surface area (Å²) in [5.74, 6) is -0.895. The smallest absolute Gasteiger partial charge is 0.438 e. The number of benzene rings is 1. The number of hydrogen-bond acceptors (Lipinski definition) is 5. The molecule has 0 spiro atoms. The quantitative estimate of drug-likeness (QED) is 0.839. The zero-order chi connectivity index (χ0) is 19.8. The SMILES string of the molecule is CC1=NN(C(=O)c2ccc(COc3ccc(Cl)cc3)o2)[C@](O)(C(F)(F)F)C1. The summed E-state index contributed by atoms with van der Waals surface area (Å²) in [5.41, 5.74) is -3.43. The van der Waals surface area contributed by atoms with Crippen molar-refractivity contribution in [2.45, 2.75) is 31.9 Å². The van der Waals surface area contributed by atoms with Crippen LogP contribution in [0.4, 0.5) is 13.2 Å². The lowest BCUT2D eigenvalue weighted by atomic mass is 10.1. The molecule has 0 saturated carbocycles. The van der Waals surface area contributed by atoms with Crippen molar-refractivity contribution in [3.05, 3.63) is 52.9 Å². The van der Waals surface area contributed by atoms with Crippen LogP contribution >= 0.6 is 11.6 Å². The third-order valence-electron chi connectivity index (χ3n) is 3.84. The summed E-state index contributed by atoms with van der Waals surface area (Å²) in [6, 6.07) is 9.09. The van der Waals surface area contributed by atoms with Crippen LogP contribution in [0.2, 0.25) is 5.02 Å². The van der Waals surface area contributed by atoms with Gasteiger partial charge < -0.3 is 14.3 Å². The number of hydrazone groups is 1. The van der Waals surface area contributed by atoms with Crippen LogP contribution < -0.4 is 4.74 Å². The second-order valence-corrected chi connectivity index (χ2v) is 6.39. The molecule has 0 bridgehead atoms. The van der Waals surface area contributed by atoms with Gasteiger partial charge in [-0.15, -0.1) is 0 Å². The molecule has 10 heteroatoms. The van der Waals surface area contributed by atoms with Gasteiger partial charge in [0.15, 0.2) is 5.76 Å². The minimum absolute atomic E-state index is 0.00496. The summed E-state index contributed by atoms with van der Waals surface area (Å²) in [7, 11) is 0. The first-order chi connectivity index (χ1) is 12.6. The number of carbonyl (C=O) groups excluding carboxylic acids is 1. The van der Waals surface area contributed by atoms with Gasteiger partial charge in [0.05, 0.1) is 0 Å². The lowest BCUT2D eigenvalue weighted by Crippen LogP contribution is -2.56. The van der Waals surface area contributed by atoms with E-state index in [0.29, 0.717) is 10.8 Å². The van der Waals surface area contributed by atoms with Crippen LogP contribution in [0.25, 0.3) is 0 Å². The molecule has 0 unspecified atom stereocenters. The first-order valence-corrected chi connectivity index (χ1v) is 8.13. The van der Waals surface area contributed by atoms with Gasteiger partial charge in [0.2, 0.25) is 0 Å². The Labute approximate surface area is 156 Å². The fourth-order valence-electron chi connectivity index (χ4n) is 2.51. The van der Waals surface area contributed by atoms with E-state index in [0.717, 1.165) is 0 Å². The maximum atomic E-state index is 13.2. The molecule has 6 nitrogen and oxygen atoms in total. The van der Waals surface area contributed by atoms with E-state index >= 15 is 0 Å². The number of carbonyl (C=O) groups is 1. The zero-order valence-corrected chi connectivity index (χ0v) is 14.7. The lowest BCUT2D eigenvalue weighted by molar-refractivity contribution is -0.297. The Bertz CT molecular complexity index is 879. The predicted molar refractivity (Wildman–Crippen MR) is 89.4 cm³/mol. The molecule has 0 fully saturated rings. The largest absolute Gasteiger partial charge is 0.486 e. The summed E-state index contributed by atoms with van der Waals surface area (Å²) in [6.07, 6.45) is -5.90. The standard InChI is InChI=1S/C17H14ClF3N2O4/c1-10-8-16(25,17(19,20)21)23(22-10)15(24)14-7-6-13(27-14)9-26-12-4-2-11(18)3-5-12/h2-7,25H,8-9H2,1H3/t16-/m1/s1. The van der Waals surface area contributed by atoms with Crippen molar-refractivity contribution < 1.29 is 32.2 Å². The molecule has 144 valence electrons. The van der Waals surface area contributed by atoms with Gasteiger partial charge in [0.1, 0.15) is 18.1 Å². The third-order valence-corrected chi connectivity index (χ3v) is 4.09. The number of halogens is 4. The second-order valence-electron chi connectivity index (χ2n) is 5.95. The highest BCUT2D eigenvalue weighted by Crippen LogP contribution is 2.40. The van der Waals surface area contributed by atoms with Gasteiger partial charge in [0.25, 0.3) is 5.72 Å². The number of alkyl halides is 3. The summed E-state index contributed by atoms with van der Waals surface area (Å²) in [4.78, 5) is 12.4. The Balaban J connectivity index is 1.73. The van der Waals surface area contributed by atoms with Crippen LogP contribution in [-0.4, -0.2) is 33.6 Å². The highest BCUT2D eigenvalue weighted by Gasteiger charge is 2.63. The molecular weight excluding hydrogens is 389 g/mol. The van der Waals surface area contributed by atoms with Gasteiger partial charge in [-0.25, -0.2) is 0 Å². The van der Waals surface area contributed by atoms with Crippen molar-refractivity contribution in [3.63, 3.8) is 0 Å². The molecule has 1 amide bonds. The molecule has 1 aliphatic heterocycles. The zero-order valence-electron chi connectivity index (χ0n) is 14.0. The number of furan rings is 1. The monoisotopic (exact) mass is 402 g/mol. The van der Waals surface area contributed by atoms with E-state index in [-0.39, 0.29) is 23.1 Å². The Morgan fingerprint density at radius 1 is 1.33 bits per heavy atom. The van der Waals surface area contributed by atoms with Crippen LogP contribution in [0.3, 0.4) is 0 Å². The summed E-state index contributed by atoms with van der Waals surface area (Å²) in [6.45, 7) is 1.23. The topological polar surface area (TPSA) is 75.3 Å². The normalized spacial score (nSPS) is 19.9. The molecule has 1 aromatic carbocycles. The number of rotatable bonds is 4. The van der Waals surface area contributed by atoms with E-state index in [1.807, 2.05) is 0 Å². The van der Waals surface area contributed by atoms with Crippen LogP contribution in [-0.2, 0) is 6.61 Å². The summed E-state index contributed by atoms with van der Waals surface area (Å²) < 4.78 is 50.3. The van der Waals surface area contributed by atoms with E-state index in [2.05, 4.69) is 5.10 Å². The number of ether oxygens (including phenoxy) is 1. The number of aliphatic hydroxyl groups is 1. The predicted octanol–water partition coefficient (Wildman–Crippen LogP) is 3.98. The molecule has 1 N–H and O–H groups in total. The molecule has 0 aliphatic carbocycles. The van der Waals surface area contributed by atoms with E-state index in [1.165, 1.54) is 19.1 Å². The Morgan fingerprint density at radius 3 is 2.63 bits per heavy atom. The molecule has 2 heterocycles. The van der Waals surface area contributed by atoms with Gasteiger partial charge >= 0.3 is 12.1 Å². The van der Waals surface area contributed by atoms with Crippen molar-refractivity contribution in [1.82, 2.24) is 5.01 Å². The van der Waals surface area contributed by atoms with Crippen LogP contribution in [0.5, 0.6) is 5.75 Å². The Morgan fingerprint density at radius 2 is 2.00 bits per heavy atom. The molecule has 27 heavy (non-hydrogen) atoms. The molecule has 0 saturated heterocycles. The van der Waals surface area contributed by atoms with Crippen molar-refractivity contribution in [1.29, 1.82) is 0 Å². The molecule has 2 aromatic rings. The molecule has 1 aromatic heterocycles. The molecular formula is C17H14ClF3N2O4. The van der Waals surface area contributed by atoms with Crippen LogP contribution in [0.15, 0.2) is 45.9 Å². The van der Waals surface area contributed by atoms with Gasteiger partial charge in [-0.3, -0.25) is 4.79 Å². The third kappa shape index (κ3) is 3.79. The minimum Gasteiger partial charge on any atom is -0.486 e. The van der Waals surface area contributed by atoms with Gasteiger partial charge in [-0.1, -0.05) is 11.6 Å². The number of nitrogens with zero attached hydrogens (tertiary/aromatic N) is 2. The number of hydrogen-bond donors (Lipinski definition) is 1. The maximum absolute atomic E-state index is 13.2. The molecule has 0 radical (unpaired) electrons. The molecule has 1 atom stereocenters. The lowest BCUT2D eigenvalue weighted by Gasteiger charge is -2.32. The van der Waals surface area contributed by atoms with Crippen molar-refractivity contribution >= 4 is 23.2 Å². The molecule has 1 aliphatic rings. The van der Waals surface area contributed by atoms with E-state index in [9.17, 15) is 23.1 Å². The summed E-state index contributed by atoms with van der Waals surface area (Å²) in [5, 5.41) is 14.0. The minimum atomic E-state index is -5.07. The number of amides is 1. The highest BCUT2D eigenvalue weighted by atomic mass is 35.5. The first kappa shape index (κ1) is 19.2. The van der Waals surface area contributed by atoms with Crippen LogP contribution in [0, 0.1) is 0 Å². The van der Waals surface area contributed by atoms with Crippen molar-refractivity contribution in [2.24, 2.45) is 5.10 Å². The second kappa shape index (κ2) is 6.90. The Hall–Kier alpha value is -2.52. The first-order valence-electron chi connectivity index (χ1n) is 7.75. The van der Waals surface area contributed by atoms with Gasteiger partial charge in [0, 0.05) is 17.2 Å². The average molecular weight is 403 g/mol. The fraction of sp³-hybridized carbons (Fsp3) is 0.294. The van der Waals surface area contributed by atoms with Crippen molar-refractivity contribution in [3.8, 4) is 5.75 Å².